The fraction of sp³-hybridized carbons (Fsp3) is 0.455. The molecule has 1 aromatic rings. The first-order chi connectivity index (χ1) is 6.55. The van der Waals surface area contributed by atoms with Gasteiger partial charge in [0.25, 0.3) is 0 Å². The van der Waals surface area contributed by atoms with E-state index in [4.69, 9.17) is 4.43 Å². The van der Waals surface area contributed by atoms with Crippen molar-refractivity contribution in [2.24, 2.45) is 5.41 Å². The highest BCUT2D eigenvalue weighted by Crippen LogP contribution is 2.35. The van der Waals surface area contributed by atoms with Crippen LogP contribution in [0.2, 0.25) is 0 Å². The van der Waals surface area contributed by atoms with Crippen LogP contribution in [0.4, 0.5) is 0 Å². The zero-order chi connectivity index (χ0) is 10.6. The lowest BCUT2D eigenvalue weighted by Crippen LogP contribution is -2.21. The van der Waals surface area contributed by atoms with Gasteiger partial charge >= 0.3 is 8.38 Å². The molecule has 0 amide bonds. The summed E-state index contributed by atoms with van der Waals surface area (Å²) in [5.74, 6) is 0. The number of rotatable bonds is 3. The van der Waals surface area contributed by atoms with Gasteiger partial charge in [-0.05, 0) is 11.0 Å². The SMILES string of the molecule is CC(C)(C)C(O[Si]Br)c1ccccc1. The monoisotopic (exact) mass is 270 g/mol. The van der Waals surface area contributed by atoms with Gasteiger partial charge in [-0.15, -0.1) is 0 Å². The first-order valence-electron chi connectivity index (χ1n) is 4.62. The van der Waals surface area contributed by atoms with Crippen LogP contribution in [0.1, 0.15) is 32.4 Å². The summed E-state index contributed by atoms with van der Waals surface area (Å²) in [5, 5.41) is 0. The summed E-state index contributed by atoms with van der Waals surface area (Å²) in [4.78, 5) is 0. The van der Waals surface area contributed by atoms with Crippen LogP contribution in [0.3, 0.4) is 0 Å². The van der Waals surface area contributed by atoms with Crippen molar-refractivity contribution in [3.05, 3.63) is 35.9 Å². The molecule has 0 heterocycles. The summed E-state index contributed by atoms with van der Waals surface area (Å²) in [7, 11) is 0.350. The van der Waals surface area contributed by atoms with E-state index < -0.39 is 0 Å². The van der Waals surface area contributed by atoms with Gasteiger partial charge in [0.05, 0.1) is 6.10 Å². The van der Waals surface area contributed by atoms with Crippen molar-refractivity contribution >= 4 is 23.7 Å². The molecule has 1 unspecified atom stereocenters. The first-order valence-corrected chi connectivity index (χ1v) is 7.78. The summed E-state index contributed by atoms with van der Waals surface area (Å²) in [5.41, 5.74) is 1.37. The van der Waals surface area contributed by atoms with Crippen LogP contribution in [0, 0.1) is 5.41 Å². The van der Waals surface area contributed by atoms with E-state index in [1.54, 1.807) is 0 Å². The Morgan fingerprint density at radius 2 is 1.79 bits per heavy atom. The van der Waals surface area contributed by atoms with Crippen LogP contribution in [0.5, 0.6) is 0 Å². The Morgan fingerprint density at radius 3 is 2.21 bits per heavy atom. The Balaban J connectivity index is 2.89. The fourth-order valence-corrected chi connectivity index (χ4v) is 2.56. The molecule has 0 spiro atoms. The van der Waals surface area contributed by atoms with E-state index in [0.29, 0.717) is 8.38 Å². The molecule has 0 aliphatic heterocycles. The summed E-state index contributed by atoms with van der Waals surface area (Å²) in [6.07, 6.45) is 0.154. The smallest absolute Gasteiger partial charge is 0.322 e. The molecule has 2 radical (unpaired) electrons. The highest BCUT2D eigenvalue weighted by atomic mass is 79.9. The van der Waals surface area contributed by atoms with Gasteiger partial charge in [-0.3, -0.25) is 0 Å². The molecule has 3 heteroatoms. The highest BCUT2D eigenvalue weighted by Gasteiger charge is 2.26. The predicted molar refractivity (Wildman–Crippen MR) is 64.4 cm³/mol. The van der Waals surface area contributed by atoms with Gasteiger partial charge in [-0.1, -0.05) is 66.4 Å². The van der Waals surface area contributed by atoms with Gasteiger partial charge in [0.1, 0.15) is 0 Å². The molecule has 0 bridgehead atoms. The van der Waals surface area contributed by atoms with Gasteiger partial charge in [-0.25, -0.2) is 0 Å². The second-order valence-corrected chi connectivity index (χ2v) is 5.71. The fourth-order valence-electron chi connectivity index (χ4n) is 1.42. The van der Waals surface area contributed by atoms with E-state index in [-0.39, 0.29) is 11.5 Å². The van der Waals surface area contributed by atoms with E-state index in [0.717, 1.165) is 0 Å². The molecule has 14 heavy (non-hydrogen) atoms. The van der Waals surface area contributed by atoms with Crippen molar-refractivity contribution in [2.45, 2.75) is 26.9 Å². The summed E-state index contributed by atoms with van der Waals surface area (Å²) in [6.45, 7) is 6.58. The minimum atomic E-state index is 0.127. The molecule has 0 aliphatic rings. The predicted octanol–water partition coefficient (Wildman–Crippen LogP) is 3.72. The lowest BCUT2D eigenvalue weighted by molar-refractivity contribution is 0.0959. The van der Waals surface area contributed by atoms with Crippen molar-refractivity contribution in [3.63, 3.8) is 0 Å². The largest absolute Gasteiger partial charge is 0.398 e. The average Bonchev–Trinajstić information content (AvgIpc) is 2.14. The number of benzene rings is 1. The van der Waals surface area contributed by atoms with Crippen molar-refractivity contribution in [3.8, 4) is 0 Å². The Labute approximate surface area is 96.4 Å². The quantitative estimate of drug-likeness (QED) is 0.601. The molecule has 0 aliphatic carbocycles. The maximum atomic E-state index is 5.74. The zero-order valence-corrected chi connectivity index (χ0v) is 11.3. The van der Waals surface area contributed by atoms with Gasteiger partial charge in [0.2, 0.25) is 0 Å². The number of hydrogen-bond acceptors (Lipinski definition) is 1. The summed E-state index contributed by atoms with van der Waals surface area (Å²) >= 11 is 3.35. The maximum Gasteiger partial charge on any atom is 0.322 e. The molecular formula is C11H15BrOSi. The van der Waals surface area contributed by atoms with Crippen LogP contribution in [-0.2, 0) is 4.43 Å². The van der Waals surface area contributed by atoms with E-state index in [2.05, 4.69) is 60.3 Å². The van der Waals surface area contributed by atoms with Crippen LogP contribution in [0.15, 0.2) is 30.3 Å². The second kappa shape index (κ2) is 5.10. The van der Waals surface area contributed by atoms with Crippen LogP contribution >= 0.6 is 15.3 Å². The minimum Gasteiger partial charge on any atom is -0.398 e. The normalized spacial score (nSPS) is 14.0. The minimum absolute atomic E-state index is 0.127. The van der Waals surface area contributed by atoms with Crippen LogP contribution < -0.4 is 0 Å². The molecule has 1 rings (SSSR count). The van der Waals surface area contributed by atoms with Crippen molar-refractivity contribution in [2.75, 3.05) is 0 Å². The summed E-state index contributed by atoms with van der Waals surface area (Å²) < 4.78 is 5.74. The first kappa shape index (κ1) is 11.9. The molecule has 1 atom stereocenters. The third kappa shape index (κ3) is 3.22. The van der Waals surface area contributed by atoms with Gasteiger partial charge in [0, 0.05) is 0 Å². The van der Waals surface area contributed by atoms with Gasteiger partial charge < -0.3 is 4.43 Å². The Hall–Kier alpha value is -0.123. The summed E-state index contributed by atoms with van der Waals surface area (Å²) in [6, 6.07) is 10.4. The van der Waals surface area contributed by atoms with E-state index in [1.165, 1.54) is 5.56 Å². The topological polar surface area (TPSA) is 9.23 Å². The van der Waals surface area contributed by atoms with Gasteiger partial charge in [-0.2, -0.15) is 0 Å². The Morgan fingerprint density at radius 1 is 1.21 bits per heavy atom. The molecule has 0 fully saturated rings. The van der Waals surface area contributed by atoms with E-state index in [9.17, 15) is 0 Å². The Bertz CT molecular complexity index is 268. The molecule has 1 aromatic carbocycles. The van der Waals surface area contributed by atoms with E-state index >= 15 is 0 Å². The van der Waals surface area contributed by atoms with Gasteiger partial charge in [0.15, 0.2) is 0 Å². The lowest BCUT2D eigenvalue weighted by Gasteiger charge is -2.30. The Kier molecular flexibility index (Phi) is 4.35. The van der Waals surface area contributed by atoms with Crippen LogP contribution in [-0.4, -0.2) is 8.38 Å². The van der Waals surface area contributed by atoms with Crippen LogP contribution in [0.25, 0.3) is 0 Å². The number of hydrogen-bond donors (Lipinski definition) is 0. The molecule has 0 N–H and O–H groups in total. The molecule has 76 valence electrons. The molecule has 0 saturated carbocycles. The van der Waals surface area contributed by atoms with Crippen molar-refractivity contribution in [1.29, 1.82) is 0 Å². The molecule has 0 aromatic heterocycles. The van der Waals surface area contributed by atoms with Crippen molar-refractivity contribution in [1.82, 2.24) is 0 Å². The van der Waals surface area contributed by atoms with E-state index in [1.807, 2.05) is 6.07 Å². The third-order valence-corrected chi connectivity index (χ3v) is 2.94. The zero-order valence-electron chi connectivity index (χ0n) is 8.75. The maximum absolute atomic E-state index is 5.74. The lowest BCUT2D eigenvalue weighted by atomic mass is 9.85. The molecule has 1 nitrogen and oxygen atoms in total. The molecule has 0 saturated heterocycles. The third-order valence-electron chi connectivity index (χ3n) is 2.05. The number of halogens is 1. The second-order valence-electron chi connectivity index (χ2n) is 4.35. The standard InChI is InChI=1S/C11H15BrOSi/c1-11(2,3)10(13-14-12)9-7-5-4-6-8-9/h4-8,10H,1-3H3. The highest BCUT2D eigenvalue weighted by molar-refractivity contribution is 9.23. The average molecular weight is 271 g/mol. The van der Waals surface area contributed by atoms with Crippen molar-refractivity contribution < 1.29 is 4.43 Å². The molecular weight excluding hydrogens is 256 g/mol.